The fourth-order valence-electron chi connectivity index (χ4n) is 13.2. The van der Waals surface area contributed by atoms with Gasteiger partial charge in [0.25, 0.3) is 0 Å². The Balaban J connectivity index is 0.000000274. The molecule has 7 unspecified atom stereocenters. The predicted molar refractivity (Wildman–Crippen MR) is 446 cm³/mol. The number of rotatable bonds is 22. The molecule has 8 rings (SSSR count). The second-order valence-electron chi connectivity index (χ2n) is 38.1. The van der Waals surface area contributed by atoms with E-state index < -0.39 is 147 Å². The van der Waals surface area contributed by atoms with Gasteiger partial charge in [0, 0.05) is 69.9 Å². The quantitative estimate of drug-likeness (QED) is 0.0359. The van der Waals surface area contributed by atoms with Gasteiger partial charge in [0.15, 0.2) is 24.9 Å². The molecule has 0 aliphatic carbocycles. The van der Waals surface area contributed by atoms with Gasteiger partial charge in [-0.05, 0) is 181 Å². The zero-order chi connectivity index (χ0) is 88.2. The van der Waals surface area contributed by atoms with Gasteiger partial charge < -0.3 is 89.3 Å². The summed E-state index contributed by atoms with van der Waals surface area (Å²) in [4.78, 5) is 96.8. The maximum Gasteiger partial charge on any atom is 0.473 e. The topological polar surface area (TPSA) is 460 Å². The number of nitrogens with two attached hydrogens (primary N) is 4. The van der Waals surface area contributed by atoms with Crippen LogP contribution < -0.4 is 45.7 Å². The van der Waals surface area contributed by atoms with Gasteiger partial charge in [-0.25, -0.2) is 23.7 Å². The van der Waals surface area contributed by atoms with Crippen molar-refractivity contribution in [2.45, 2.75) is 333 Å². The molecule has 4 aliphatic heterocycles. The molecule has 115 heavy (non-hydrogen) atoms. The summed E-state index contributed by atoms with van der Waals surface area (Å²) in [5.74, 6) is 0.626. The molecule has 0 saturated carbocycles. The summed E-state index contributed by atoms with van der Waals surface area (Å²) in [6.45, 7) is 44.5. The van der Waals surface area contributed by atoms with Crippen LogP contribution in [-0.2, 0) is 98.0 Å². The molecule has 4 aliphatic rings. The van der Waals surface area contributed by atoms with Gasteiger partial charge in [0.2, 0.25) is 0 Å². The van der Waals surface area contributed by atoms with Gasteiger partial charge in [-0.15, -0.1) is 0 Å². The fourth-order valence-corrected chi connectivity index (χ4v) is 19.0. The SMILES string of the molecule is CO[C@H]1C(OC(C)(C)C)[C@@H](CC(C)(C)C)O[C@H]1n1cc(C)c(N)nc1=O.CO[C@H]1C(OP(=O)(O)OC(C)(C)C)[C@@H](CC(C)(C)C)O[C@H]1n1cc(C)c(N)nc1=O.CO[C@H]1C(OP(O)(=S)OC(C)(C)C)[C@@H](CC(C)(C)C)O[C@H]1n1cc(C)c(N)nc1=O.CO[C@H]1C(OP(O)(=S)OC(C)(C)C)[C@@H](CC(C)(C)C)O[C@H]1n1ccc(N)nc1=O. The van der Waals surface area contributed by atoms with Crippen LogP contribution in [0.5, 0.6) is 0 Å². The molecule has 4 saturated heterocycles. The Bertz CT molecular complexity index is 4170. The molecular formula is C75H133N12O23P3S2. The molecule has 0 spiro atoms. The molecule has 8 heterocycles. The highest BCUT2D eigenvalue weighted by molar-refractivity contribution is 8.07. The van der Waals surface area contributed by atoms with Crippen molar-refractivity contribution >= 4 is 68.1 Å². The first-order valence-electron chi connectivity index (χ1n) is 38.0. The van der Waals surface area contributed by atoms with Gasteiger partial charge in [-0.1, -0.05) is 83.1 Å². The monoisotopic (exact) mass is 1730 g/mol. The number of nitrogens with zero attached hydrogens (tertiary/aromatic N) is 8. The van der Waals surface area contributed by atoms with E-state index in [2.05, 4.69) is 82.2 Å². The van der Waals surface area contributed by atoms with Gasteiger partial charge in [-0.3, -0.25) is 36.4 Å². The Labute approximate surface area is 687 Å². The summed E-state index contributed by atoms with van der Waals surface area (Å²) in [7, 11) is 1.56. The number of anilines is 4. The van der Waals surface area contributed by atoms with Crippen molar-refractivity contribution in [3.63, 3.8) is 0 Å². The van der Waals surface area contributed by atoms with E-state index in [0.29, 0.717) is 30.4 Å². The number of phosphoric acid groups is 1. The summed E-state index contributed by atoms with van der Waals surface area (Å²) in [6, 6.07) is 1.50. The summed E-state index contributed by atoms with van der Waals surface area (Å²) < 4.78 is 106. The standard InChI is InChI=1S/C19H34N3O7P.C19H34N3O6PS.C19H33N3O4.C18H32N3O6PS/c1-11-10-22(17(23)21-15(11)20)16-14(26-8)13(12(27-16)9-18(2,3)4)28-30(24,25)29-19(5,6)7;1-11-10-22(17(23)21-15(11)20)16-14(25-8)13(12(26-16)9-18(2,3)4)27-29(24,30)28-19(5,6)7;1-11-10-22(17(23)21-15(11)20)16-14(24-8)13(26-19(5,6)7)12(25-16)9-18(2,3)4;1-17(2,3)10-11-13(26-28(23,29)27-18(4,5)6)14(24-7)15(25-11)21-9-8-12(19)20-16(21)22/h10,12-14,16H,9H2,1-8H3,(H,24,25)(H2,20,21,23);10,12-14,16H,9H2,1-8H3,(H,24,30)(H2,20,21,23);10,12-14,16H,9H2,1-8H3,(H2,20,21,23);8-9,11,13-15H,10H2,1-7H3,(H,23,29)(H2,19,20,22)/t12-,13?,14+,16-;12-,13?,14+,16-,29?;12-,13?,14+,16-;11-,13?,14+,15-,28?/m1111/s1. The van der Waals surface area contributed by atoms with E-state index in [-0.39, 0.29) is 62.7 Å². The minimum absolute atomic E-state index is 0.0393. The maximum absolute atomic E-state index is 12.7. The van der Waals surface area contributed by atoms with Crippen molar-refractivity contribution in [1.82, 2.24) is 38.2 Å². The van der Waals surface area contributed by atoms with E-state index in [4.69, 9.17) is 116 Å². The van der Waals surface area contributed by atoms with Crippen molar-refractivity contribution < 1.29 is 89.0 Å². The molecule has 40 heteroatoms. The van der Waals surface area contributed by atoms with Crippen LogP contribution in [0.2, 0.25) is 0 Å². The summed E-state index contributed by atoms with van der Waals surface area (Å²) in [5.41, 5.74) is 19.5. The number of ether oxygens (including phenoxy) is 9. The van der Waals surface area contributed by atoms with Crippen LogP contribution in [0.15, 0.2) is 50.0 Å². The average Bonchev–Trinajstić information content (AvgIpc) is 1.65. The Morgan fingerprint density at radius 2 is 0.643 bits per heavy atom. The largest absolute Gasteiger partial charge is 0.473 e. The molecule has 0 amide bonds. The van der Waals surface area contributed by atoms with E-state index in [1.807, 2.05) is 48.5 Å². The molecule has 11 N–H and O–H groups in total. The third-order valence-corrected chi connectivity index (χ3v) is 22.2. The second kappa shape index (κ2) is 38.7. The van der Waals surface area contributed by atoms with Crippen molar-refractivity contribution in [3.8, 4) is 0 Å². The fraction of sp³-hybridized carbons (Fsp3) is 0.787. The van der Waals surface area contributed by atoms with Crippen LogP contribution in [0.3, 0.4) is 0 Å². The molecule has 35 nitrogen and oxygen atoms in total. The summed E-state index contributed by atoms with van der Waals surface area (Å²) >= 11 is 10.5. The maximum atomic E-state index is 12.7. The third-order valence-electron chi connectivity index (χ3n) is 17.4. The van der Waals surface area contributed by atoms with Crippen LogP contribution in [0.4, 0.5) is 23.3 Å². The molecular weight excluding hydrogens is 1590 g/mol. The lowest BCUT2D eigenvalue weighted by atomic mass is 9.87. The van der Waals surface area contributed by atoms with Gasteiger partial charge in [-0.2, -0.15) is 19.9 Å². The number of aryl methyl sites for hydroxylation is 3. The lowest BCUT2D eigenvalue weighted by molar-refractivity contribution is -0.124. The van der Waals surface area contributed by atoms with Crippen molar-refractivity contribution in [2.75, 3.05) is 51.4 Å². The van der Waals surface area contributed by atoms with Crippen molar-refractivity contribution in [3.05, 3.63) is 89.5 Å². The highest BCUT2D eigenvalue weighted by Crippen LogP contribution is 2.56. The van der Waals surface area contributed by atoms with Gasteiger partial charge >= 0.3 is 44.0 Å². The lowest BCUT2D eigenvalue weighted by Gasteiger charge is -2.32. The normalized spacial score (nSPS) is 27.3. The third kappa shape index (κ3) is 30.9. The molecule has 4 fully saturated rings. The number of hydrogen-bond acceptors (Lipinski definition) is 30. The van der Waals surface area contributed by atoms with Crippen LogP contribution in [0.25, 0.3) is 0 Å². The smallest absolute Gasteiger partial charge is 0.383 e. The first-order valence-corrected chi connectivity index (χ1v) is 44.6. The number of aromatic nitrogens is 8. The second-order valence-corrected chi connectivity index (χ2v) is 44.8. The Morgan fingerprint density at radius 1 is 0.391 bits per heavy atom. The Kier molecular flexibility index (Phi) is 34.0. The van der Waals surface area contributed by atoms with E-state index in [1.165, 1.54) is 58.1 Å². The minimum Gasteiger partial charge on any atom is -0.383 e. The van der Waals surface area contributed by atoms with Gasteiger partial charge in [0.1, 0.15) is 72.1 Å². The van der Waals surface area contributed by atoms with E-state index in [9.17, 15) is 38.4 Å². The molecule has 0 radical (unpaired) electrons. The van der Waals surface area contributed by atoms with Crippen LogP contribution >= 0.6 is 21.3 Å². The first-order chi connectivity index (χ1) is 52.0. The number of nitrogen functional groups attached to an aromatic ring is 4. The highest BCUT2D eigenvalue weighted by atomic mass is 32.5. The molecule has 0 bridgehead atoms. The molecule has 0 aromatic carbocycles. The molecule has 4 aromatic rings. The van der Waals surface area contributed by atoms with E-state index in [0.717, 1.165) is 12.0 Å². The van der Waals surface area contributed by atoms with Crippen LogP contribution in [0.1, 0.15) is 233 Å². The zero-order valence-electron chi connectivity index (χ0n) is 73.0. The van der Waals surface area contributed by atoms with Crippen molar-refractivity contribution in [1.29, 1.82) is 0 Å². The lowest BCUT2D eigenvalue weighted by Crippen LogP contribution is -2.43. The van der Waals surface area contributed by atoms with Crippen LogP contribution in [-0.4, -0.2) is 177 Å². The first kappa shape index (κ1) is 101. The Morgan fingerprint density at radius 3 is 0.896 bits per heavy atom. The predicted octanol–water partition coefficient (Wildman–Crippen LogP) is 10.9. The van der Waals surface area contributed by atoms with Crippen molar-refractivity contribution in [2.24, 2.45) is 21.7 Å². The van der Waals surface area contributed by atoms with E-state index >= 15 is 0 Å². The molecule has 19 atom stereocenters. The average molecular weight is 1730 g/mol. The van der Waals surface area contributed by atoms with E-state index in [1.54, 1.807) is 95.7 Å². The number of methoxy groups -OCH3 is 4. The number of phosphoric ester groups is 1. The Hall–Kier alpha value is -4.47. The summed E-state index contributed by atoms with van der Waals surface area (Å²) in [5, 5.41) is 0. The molecule has 658 valence electrons. The van der Waals surface area contributed by atoms with Crippen LogP contribution in [0, 0.1) is 42.4 Å². The minimum atomic E-state index is -4.45. The zero-order valence-corrected chi connectivity index (χ0v) is 77.3. The summed E-state index contributed by atoms with van der Waals surface area (Å²) in [6.07, 6.45) is -1.75. The highest BCUT2D eigenvalue weighted by Gasteiger charge is 2.55. The molecule has 4 aromatic heterocycles. The van der Waals surface area contributed by atoms with Gasteiger partial charge in [0.05, 0.1) is 46.8 Å². The number of hydrogen-bond donors (Lipinski definition) is 7.